The Balaban J connectivity index is 6.57. The molecule has 0 heterocycles. The summed E-state index contributed by atoms with van der Waals surface area (Å²) in [6.07, 6.45) is -11.1. The molecule has 0 aromatic carbocycles. The lowest BCUT2D eigenvalue weighted by molar-refractivity contribution is -0.458. The first-order valence-corrected chi connectivity index (χ1v) is 10.2. The lowest BCUT2D eigenvalue weighted by Crippen LogP contribution is -2.75. The summed E-state index contributed by atoms with van der Waals surface area (Å²) in [5.74, 6) is -52.1. The summed E-state index contributed by atoms with van der Waals surface area (Å²) in [5.41, 5.74) is 0. The van der Waals surface area contributed by atoms with Crippen molar-refractivity contribution in [3.63, 3.8) is 0 Å². The molecule has 0 radical (unpaired) electrons. The van der Waals surface area contributed by atoms with E-state index in [1.807, 2.05) is 0 Å². The zero-order valence-corrected chi connectivity index (χ0v) is 18.7. The molecule has 0 aliphatic heterocycles. The van der Waals surface area contributed by atoms with Gasteiger partial charge in [0, 0.05) is 12.7 Å². The van der Waals surface area contributed by atoms with Crippen LogP contribution < -0.4 is 4.72 Å². The number of halogens is 17. The Morgan fingerprint density at radius 3 is 1.18 bits per heavy atom. The first kappa shape index (κ1) is 36.6. The molecule has 0 spiro atoms. The van der Waals surface area contributed by atoms with Crippen LogP contribution in [-0.2, 0) is 10.0 Å². The summed E-state index contributed by atoms with van der Waals surface area (Å²) in [7, 11) is -6.36. The van der Waals surface area contributed by atoms with Gasteiger partial charge in [0.25, 0.3) is 10.0 Å². The fourth-order valence-electron chi connectivity index (χ4n) is 2.32. The molecule has 0 atom stereocenters. The Labute approximate surface area is 199 Å². The van der Waals surface area contributed by atoms with E-state index in [0.717, 1.165) is 0 Å². The molecule has 0 aliphatic carbocycles. The minimum atomic E-state index is -8.93. The summed E-state index contributed by atoms with van der Waals surface area (Å²) in [5, 5.41) is 13.8. The molecule has 0 aliphatic rings. The molecular formula is C13H12F17N3O4S-2. The van der Waals surface area contributed by atoms with Crippen LogP contribution in [0.5, 0.6) is 0 Å². The summed E-state index contributed by atoms with van der Waals surface area (Å²) < 4.78 is 247. The molecule has 38 heavy (non-hydrogen) atoms. The van der Waals surface area contributed by atoms with Crippen molar-refractivity contribution in [2.24, 2.45) is 0 Å². The third kappa shape index (κ3) is 5.32. The van der Waals surface area contributed by atoms with E-state index in [1.54, 1.807) is 0 Å². The van der Waals surface area contributed by atoms with E-state index in [4.69, 9.17) is 0 Å². The van der Waals surface area contributed by atoms with E-state index >= 15 is 0 Å². The third-order valence-corrected chi connectivity index (χ3v) is 6.08. The van der Waals surface area contributed by atoms with Gasteiger partial charge in [-0.1, -0.05) is 0 Å². The van der Waals surface area contributed by atoms with Crippen LogP contribution in [0.3, 0.4) is 0 Å². The quantitative estimate of drug-likeness (QED) is 0.184. The lowest BCUT2D eigenvalue weighted by Gasteiger charge is -2.43. The van der Waals surface area contributed by atoms with Crippen molar-refractivity contribution in [2.45, 2.75) is 59.6 Å². The monoisotopic (exact) mass is 629 g/mol. The zero-order valence-electron chi connectivity index (χ0n) is 17.9. The predicted octanol–water partition coefficient (Wildman–Crippen LogP) is 4.45. The van der Waals surface area contributed by atoms with E-state index in [-0.39, 0.29) is 10.1 Å². The van der Waals surface area contributed by atoms with Crippen LogP contribution in [-0.4, -0.2) is 92.3 Å². The van der Waals surface area contributed by atoms with Crippen LogP contribution in [0.1, 0.15) is 6.42 Å². The second kappa shape index (κ2) is 10.2. The maximum Gasteiger partial charge on any atom is 0.460 e. The molecule has 7 nitrogen and oxygen atoms in total. The number of hydrogen-bond acceptors (Lipinski definition) is 6. The second-order valence-electron chi connectivity index (χ2n) is 7.22. The first-order valence-electron chi connectivity index (χ1n) is 8.74. The highest BCUT2D eigenvalue weighted by Gasteiger charge is 2.96. The van der Waals surface area contributed by atoms with Crippen molar-refractivity contribution in [1.82, 2.24) is 14.8 Å². The molecule has 0 unspecified atom stereocenters. The molecule has 0 amide bonds. The largest absolute Gasteiger partial charge is 0.784 e. The molecule has 0 fully saturated rings. The van der Waals surface area contributed by atoms with Gasteiger partial charge in [0.2, 0.25) is 0 Å². The fraction of sp³-hybridized carbons (Fsp3) is 1.00. The Hall–Kier alpha value is -1.44. The molecule has 0 aromatic rings. The number of nitrogens with zero attached hydrogens (tertiary/aromatic N) is 2. The van der Waals surface area contributed by atoms with Crippen LogP contribution in [0.25, 0.3) is 0 Å². The van der Waals surface area contributed by atoms with Gasteiger partial charge in [-0.3, -0.25) is 0 Å². The van der Waals surface area contributed by atoms with Gasteiger partial charge >= 0.3 is 47.0 Å². The van der Waals surface area contributed by atoms with Gasteiger partial charge in [0.05, 0.1) is 0 Å². The number of hydroxylamine groups is 4. The smallest absolute Gasteiger partial charge is 0.460 e. The highest BCUT2D eigenvalue weighted by Crippen LogP contribution is 2.64. The van der Waals surface area contributed by atoms with Gasteiger partial charge < -0.3 is 20.5 Å². The molecule has 0 saturated carbocycles. The Morgan fingerprint density at radius 2 is 0.895 bits per heavy atom. The molecule has 0 aromatic heterocycles. The zero-order chi connectivity index (χ0) is 31.4. The Morgan fingerprint density at radius 1 is 0.605 bits per heavy atom. The first-order chi connectivity index (χ1) is 16.2. The summed E-state index contributed by atoms with van der Waals surface area (Å²) in [4.78, 5) is 0. The maximum atomic E-state index is 13.8. The minimum Gasteiger partial charge on any atom is -0.784 e. The highest BCUT2D eigenvalue weighted by atomic mass is 32.2. The highest BCUT2D eigenvalue weighted by molar-refractivity contribution is 7.90. The van der Waals surface area contributed by atoms with Gasteiger partial charge in [0.15, 0.2) is 0 Å². The standard InChI is InChI=1S/C13H12F17N3O4S/c1-32(34)5(33(2)35)3-4-31-38(36,37)13(29,30)11(24,25)9(20,21)7(16,17)6(14,15)8(18,19)10(22,23)12(26,27)28/h5,31H,3-4H2,1-2H3/q-2. The molecule has 0 saturated heterocycles. The average molecular weight is 629 g/mol. The summed E-state index contributed by atoms with van der Waals surface area (Å²) in [6, 6.07) is 0. The van der Waals surface area contributed by atoms with E-state index in [9.17, 15) is 93.5 Å². The third-order valence-electron chi connectivity index (χ3n) is 4.56. The predicted molar refractivity (Wildman–Crippen MR) is 88.3 cm³/mol. The molecule has 0 bridgehead atoms. The van der Waals surface area contributed by atoms with Gasteiger partial charge in [-0.15, -0.1) is 0 Å². The van der Waals surface area contributed by atoms with Crippen molar-refractivity contribution in [2.75, 3.05) is 20.6 Å². The topological polar surface area (TPSA) is 98.8 Å². The van der Waals surface area contributed by atoms with Crippen LogP contribution in [0, 0.1) is 10.4 Å². The van der Waals surface area contributed by atoms with Gasteiger partial charge in [0.1, 0.15) is 0 Å². The molecule has 230 valence electrons. The van der Waals surface area contributed by atoms with Gasteiger partial charge in [-0.25, -0.2) is 13.1 Å². The van der Waals surface area contributed by atoms with Crippen molar-refractivity contribution >= 4 is 10.0 Å². The number of hydrogen-bond donors (Lipinski definition) is 1. The van der Waals surface area contributed by atoms with E-state index in [2.05, 4.69) is 0 Å². The van der Waals surface area contributed by atoms with E-state index in [0.29, 0.717) is 18.8 Å². The van der Waals surface area contributed by atoms with Crippen LogP contribution >= 0.6 is 0 Å². The molecule has 1 N–H and O–H groups in total. The van der Waals surface area contributed by atoms with Gasteiger partial charge in [-0.05, 0) is 20.5 Å². The van der Waals surface area contributed by atoms with Crippen LogP contribution in [0.2, 0.25) is 0 Å². The van der Waals surface area contributed by atoms with Crippen molar-refractivity contribution in [1.29, 1.82) is 0 Å². The van der Waals surface area contributed by atoms with E-state index in [1.165, 1.54) is 0 Å². The molecular weight excluding hydrogens is 617 g/mol. The summed E-state index contributed by atoms with van der Waals surface area (Å²) in [6.45, 7) is -1.73. The second-order valence-corrected chi connectivity index (χ2v) is 9.03. The Kier molecular flexibility index (Phi) is 9.80. The van der Waals surface area contributed by atoms with Crippen molar-refractivity contribution in [3.05, 3.63) is 10.4 Å². The normalized spacial score (nSPS) is 16.2. The van der Waals surface area contributed by atoms with Crippen LogP contribution in [0.15, 0.2) is 0 Å². The van der Waals surface area contributed by atoms with Gasteiger partial charge in [-0.2, -0.15) is 74.6 Å². The van der Waals surface area contributed by atoms with E-state index < -0.39 is 76.1 Å². The Bertz CT molecular complexity index is 928. The van der Waals surface area contributed by atoms with Crippen molar-refractivity contribution in [3.8, 4) is 0 Å². The maximum absolute atomic E-state index is 13.8. The fourth-order valence-corrected chi connectivity index (χ4v) is 3.36. The molecule has 0 rings (SSSR count). The summed E-state index contributed by atoms with van der Waals surface area (Å²) >= 11 is 0. The lowest BCUT2D eigenvalue weighted by atomic mass is 9.91. The number of nitrogens with one attached hydrogen (secondary N) is 1. The molecule has 25 heteroatoms. The number of alkyl halides is 17. The average Bonchev–Trinajstić information content (AvgIpc) is 2.68. The van der Waals surface area contributed by atoms with Crippen LogP contribution in [0.4, 0.5) is 74.6 Å². The SMILES string of the molecule is CN([O-])C(CCNS(=O)(=O)C(F)(F)C(F)(F)C(F)(F)C(F)(F)C(F)(F)C(F)(F)C(F)(F)C(F)(F)F)N(C)[O-]. The number of rotatable bonds is 13. The van der Waals surface area contributed by atoms with Crippen molar-refractivity contribution < 1.29 is 83.1 Å². The number of sulfonamides is 1. The minimum absolute atomic E-state index is 0.290.